The smallest absolute Gasteiger partial charge is 0.434 e. The number of carbonyl (C=O) groups is 2. The minimum absolute atomic E-state index is 0.0329. The number of aliphatic hydroxyl groups excluding tert-OH is 1. The van der Waals surface area contributed by atoms with Gasteiger partial charge in [-0.05, 0) is 6.07 Å². The molecule has 1 saturated heterocycles. The average molecular weight is 451 g/mol. The van der Waals surface area contributed by atoms with Crippen molar-refractivity contribution < 1.29 is 33.0 Å². The van der Waals surface area contributed by atoms with Crippen molar-refractivity contribution in [3.05, 3.63) is 23.3 Å². The molecule has 1 N–H and O–H groups in total. The van der Waals surface area contributed by atoms with Gasteiger partial charge in [-0.2, -0.15) is 14.6 Å². The normalized spacial score (nSPS) is 20.4. The number of amides is 1. The highest BCUT2D eigenvalue weighted by atomic mass is 19.1. The number of benzene rings is 1. The van der Waals surface area contributed by atoms with Crippen LogP contribution in [0.1, 0.15) is 45.1 Å². The number of fused-ring (bicyclic) bond motifs is 2. The summed E-state index contributed by atoms with van der Waals surface area (Å²) < 4.78 is 39.6. The number of quaternary nitrogens is 1. The van der Waals surface area contributed by atoms with Gasteiger partial charge in [0.2, 0.25) is 17.4 Å². The molecular weight excluding hydrogens is 426 g/mol. The molecule has 1 amide bonds. The van der Waals surface area contributed by atoms with E-state index in [0.717, 1.165) is 17.4 Å². The number of aliphatic imine (C=N–C) groups is 1. The molecule has 1 fully saturated rings. The average Bonchev–Trinajstić information content (AvgIpc) is 3.37. The summed E-state index contributed by atoms with van der Waals surface area (Å²) in [5, 5.41) is 18.0. The van der Waals surface area contributed by atoms with Gasteiger partial charge in [0.1, 0.15) is 12.6 Å². The number of carbonyl (C=O) groups excluding carboxylic acids is 2. The molecule has 32 heavy (non-hydrogen) atoms. The van der Waals surface area contributed by atoms with E-state index in [0.29, 0.717) is 13.0 Å². The highest BCUT2D eigenvalue weighted by molar-refractivity contribution is 6.10. The number of nitriles is 1. The molecule has 0 aromatic heterocycles. The van der Waals surface area contributed by atoms with E-state index in [1.807, 2.05) is 6.92 Å². The van der Waals surface area contributed by atoms with Crippen molar-refractivity contribution >= 4 is 29.4 Å². The number of nitrogens with zero attached hydrogens (tertiary/aromatic N) is 4. The van der Waals surface area contributed by atoms with Crippen molar-refractivity contribution in [1.29, 1.82) is 5.26 Å². The zero-order valence-corrected chi connectivity index (χ0v) is 17.9. The number of hydrogen-bond acceptors (Lipinski definition) is 7. The Labute approximate surface area is 184 Å². The van der Waals surface area contributed by atoms with Crippen molar-refractivity contribution in [3.8, 4) is 6.07 Å². The van der Waals surface area contributed by atoms with E-state index < -0.39 is 36.0 Å². The highest BCUT2D eigenvalue weighted by Crippen LogP contribution is 2.54. The molecule has 1 spiro atoms. The van der Waals surface area contributed by atoms with Crippen LogP contribution in [0.2, 0.25) is 0 Å². The number of hydrogen-bond donors (Lipinski definition) is 1. The van der Waals surface area contributed by atoms with Crippen LogP contribution >= 0.6 is 0 Å². The summed E-state index contributed by atoms with van der Waals surface area (Å²) in [5.41, 5.74) is -0.765. The molecule has 0 radical (unpaired) electrons. The van der Waals surface area contributed by atoms with Crippen LogP contribution in [0.5, 0.6) is 0 Å². The van der Waals surface area contributed by atoms with E-state index >= 15 is 4.39 Å². The van der Waals surface area contributed by atoms with Crippen molar-refractivity contribution in [2.75, 3.05) is 26.5 Å². The fourth-order valence-corrected chi connectivity index (χ4v) is 3.98. The lowest BCUT2D eigenvalue weighted by Gasteiger charge is -2.25. The third-order valence-electron chi connectivity index (χ3n) is 5.54. The Morgan fingerprint density at radius 2 is 2.12 bits per heavy atom. The Kier molecular flexibility index (Phi) is 7.06. The molecule has 3 rings (SSSR count). The number of halogens is 2. The molecule has 0 aliphatic carbocycles. The second-order valence-electron chi connectivity index (χ2n) is 7.56. The van der Waals surface area contributed by atoms with Crippen LogP contribution < -0.4 is 4.48 Å². The minimum atomic E-state index is -1.05. The fourth-order valence-electron chi connectivity index (χ4n) is 3.98. The molecule has 2 heterocycles. The van der Waals surface area contributed by atoms with Crippen LogP contribution in [0.4, 0.5) is 25.0 Å². The third-order valence-corrected chi connectivity index (χ3v) is 5.54. The summed E-state index contributed by atoms with van der Waals surface area (Å²) in [6.07, 6.45) is 0.646. The molecule has 1 aromatic rings. The van der Waals surface area contributed by atoms with Crippen molar-refractivity contribution in [2.24, 2.45) is 4.99 Å². The number of rotatable bonds is 8. The maximum absolute atomic E-state index is 15.2. The molecule has 0 saturated carbocycles. The number of aliphatic hydroxyl groups is 1. The third kappa shape index (κ3) is 4.03. The summed E-state index contributed by atoms with van der Waals surface area (Å²) in [7, 11) is 0. The second kappa shape index (κ2) is 9.58. The first-order valence-corrected chi connectivity index (χ1v) is 10.5. The van der Waals surface area contributed by atoms with Crippen LogP contribution in [-0.4, -0.2) is 60.6 Å². The first kappa shape index (κ1) is 23.6. The second-order valence-corrected chi connectivity index (χ2v) is 7.56. The van der Waals surface area contributed by atoms with Gasteiger partial charge in [-0.3, -0.25) is 4.79 Å². The van der Waals surface area contributed by atoms with Gasteiger partial charge in [0, 0.05) is 25.9 Å². The lowest BCUT2D eigenvalue weighted by molar-refractivity contribution is -0.130. The molecule has 0 bridgehead atoms. The first-order chi connectivity index (χ1) is 15.3. The first-order valence-electron chi connectivity index (χ1n) is 10.5. The zero-order valence-electron chi connectivity index (χ0n) is 17.9. The topological polar surface area (TPSA) is 112 Å². The lowest BCUT2D eigenvalue weighted by Crippen LogP contribution is -2.51. The van der Waals surface area contributed by atoms with Crippen LogP contribution in [0, 0.1) is 23.0 Å². The van der Waals surface area contributed by atoms with Crippen molar-refractivity contribution in [2.45, 2.75) is 45.6 Å². The molecule has 2 aliphatic heterocycles. The summed E-state index contributed by atoms with van der Waals surface area (Å²) in [6, 6.07) is 2.29. The Morgan fingerprint density at radius 1 is 1.38 bits per heavy atom. The zero-order chi connectivity index (χ0) is 23.5. The van der Waals surface area contributed by atoms with Gasteiger partial charge in [-0.15, -0.1) is 0 Å². The number of guanidine groups is 1. The monoisotopic (exact) mass is 451 g/mol. The Bertz CT molecular complexity index is 993. The van der Waals surface area contributed by atoms with E-state index in [2.05, 4.69) is 4.99 Å². The maximum atomic E-state index is 15.2. The molecule has 2 atom stereocenters. The van der Waals surface area contributed by atoms with Gasteiger partial charge < -0.3 is 14.6 Å². The van der Waals surface area contributed by atoms with Gasteiger partial charge in [-0.25, -0.2) is 18.6 Å². The summed E-state index contributed by atoms with van der Waals surface area (Å²) in [4.78, 5) is 29.9. The van der Waals surface area contributed by atoms with Gasteiger partial charge in [0.05, 0.1) is 12.2 Å². The minimum Gasteiger partial charge on any atom is -0.434 e. The number of ether oxygens (including phenoxy) is 2. The van der Waals surface area contributed by atoms with Gasteiger partial charge in [0.15, 0.2) is 24.3 Å². The van der Waals surface area contributed by atoms with Gasteiger partial charge in [-0.1, -0.05) is 20.3 Å². The van der Waals surface area contributed by atoms with E-state index in [1.165, 1.54) is 0 Å². The van der Waals surface area contributed by atoms with E-state index in [1.54, 1.807) is 13.0 Å². The Morgan fingerprint density at radius 3 is 2.75 bits per heavy atom. The quantitative estimate of drug-likeness (QED) is 0.214. The molecule has 11 heteroatoms. The van der Waals surface area contributed by atoms with Crippen LogP contribution in [0.25, 0.3) is 0 Å². The van der Waals surface area contributed by atoms with Crippen LogP contribution in [0.15, 0.2) is 11.1 Å². The van der Waals surface area contributed by atoms with E-state index in [4.69, 9.17) is 14.6 Å². The highest BCUT2D eigenvalue weighted by Gasteiger charge is 2.68. The standard InChI is InChI=1S/C21H25F2N4O5/c1-3-6-14-11-27(14)19-17(23)13(10-24)9-15(22)18(19)25-20(27)26(16(29)4-2)12-32-21(30)31-8-5-7-28/h9,14,28H,3-8,11-12H2,1-2H3/q+1. The predicted octanol–water partition coefficient (Wildman–Crippen LogP) is 3.06. The molecule has 1 aromatic carbocycles. The van der Waals surface area contributed by atoms with Gasteiger partial charge >= 0.3 is 12.1 Å². The molecule has 2 aliphatic rings. The predicted molar refractivity (Wildman–Crippen MR) is 110 cm³/mol. The largest absolute Gasteiger partial charge is 0.510 e. The summed E-state index contributed by atoms with van der Waals surface area (Å²) >= 11 is 0. The summed E-state index contributed by atoms with van der Waals surface area (Å²) in [5.74, 6) is -2.13. The van der Waals surface area contributed by atoms with Crippen LogP contribution in [0.3, 0.4) is 0 Å². The Hall–Kier alpha value is -3.10. The Balaban J connectivity index is 1.97. The van der Waals surface area contributed by atoms with Crippen LogP contribution in [-0.2, 0) is 14.3 Å². The molecule has 172 valence electrons. The SMILES string of the molecule is CCCC1C[N+]12C(N(COC(=O)OCCCO)C(=O)CC)=Nc1c(F)cc(C#N)c(F)c12. The molecule has 2 unspecified atom stereocenters. The summed E-state index contributed by atoms with van der Waals surface area (Å²) in [6.45, 7) is 3.15. The van der Waals surface area contributed by atoms with Crippen molar-refractivity contribution in [1.82, 2.24) is 9.38 Å². The molecule has 9 nitrogen and oxygen atoms in total. The fraction of sp³-hybridized carbons (Fsp3) is 0.524. The van der Waals surface area contributed by atoms with E-state index in [9.17, 15) is 19.2 Å². The van der Waals surface area contributed by atoms with Crippen molar-refractivity contribution in [3.63, 3.8) is 0 Å². The van der Waals surface area contributed by atoms with Gasteiger partial charge in [0.25, 0.3) is 0 Å². The maximum Gasteiger partial charge on any atom is 0.510 e. The molecular formula is C21H25F2N4O5+. The lowest BCUT2D eigenvalue weighted by atomic mass is 10.1. The van der Waals surface area contributed by atoms with E-state index in [-0.39, 0.29) is 53.9 Å².